The number of hydrogen-bond acceptors (Lipinski definition) is 8. The molecule has 1 aromatic carbocycles. The van der Waals surface area contributed by atoms with Crippen molar-refractivity contribution >= 4 is 23.9 Å². The highest BCUT2D eigenvalue weighted by atomic mass is 16.6. The number of aliphatic carboxylic acids is 1. The number of nitrogens with one attached hydrogen (secondary N) is 2. The average Bonchev–Trinajstić information content (AvgIpc) is 2.87. The number of hydrogen-bond donors (Lipinski definition) is 3. The largest absolute Gasteiger partial charge is 0.493 e. The molecular formula is C27H42N4O8. The highest BCUT2D eigenvalue weighted by molar-refractivity contribution is 6.02. The molecule has 39 heavy (non-hydrogen) atoms. The predicted molar refractivity (Wildman–Crippen MR) is 146 cm³/mol. The Bertz CT molecular complexity index is 1010. The summed E-state index contributed by atoms with van der Waals surface area (Å²) < 4.78 is 16.4. The van der Waals surface area contributed by atoms with Crippen LogP contribution in [-0.4, -0.2) is 99.3 Å². The topological polar surface area (TPSA) is 147 Å². The van der Waals surface area contributed by atoms with Crippen molar-refractivity contribution in [1.29, 1.82) is 0 Å². The minimum Gasteiger partial charge on any atom is -0.493 e. The SMILES string of the molecule is COc1cc(C(C)C)cc(OC)c1OC(=O)N(C)CCN(C)C(=O)/C(=C\C(=O)O)CC(=O)NCCNC(C)C. The second-order valence-corrected chi connectivity index (χ2v) is 9.57. The van der Waals surface area contributed by atoms with Crippen molar-refractivity contribution in [3.8, 4) is 17.2 Å². The van der Waals surface area contributed by atoms with Gasteiger partial charge in [0, 0.05) is 58.0 Å². The minimum atomic E-state index is -1.34. The smallest absolute Gasteiger partial charge is 0.415 e. The van der Waals surface area contributed by atoms with E-state index in [-0.39, 0.29) is 42.8 Å². The molecule has 0 fully saturated rings. The van der Waals surface area contributed by atoms with Gasteiger partial charge in [-0.25, -0.2) is 9.59 Å². The molecule has 0 saturated carbocycles. The number of nitrogens with zero attached hydrogens (tertiary/aromatic N) is 2. The third-order valence-electron chi connectivity index (χ3n) is 5.69. The van der Waals surface area contributed by atoms with Crippen LogP contribution in [0.3, 0.4) is 0 Å². The van der Waals surface area contributed by atoms with Crippen LogP contribution < -0.4 is 24.8 Å². The van der Waals surface area contributed by atoms with E-state index in [0.29, 0.717) is 24.6 Å². The van der Waals surface area contributed by atoms with Gasteiger partial charge in [0.15, 0.2) is 11.5 Å². The van der Waals surface area contributed by atoms with E-state index in [2.05, 4.69) is 10.6 Å². The number of rotatable bonds is 15. The maximum atomic E-state index is 12.9. The molecule has 0 spiro atoms. The third-order valence-corrected chi connectivity index (χ3v) is 5.69. The van der Waals surface area contributed by atoms with Gasteiger partial charge >= 0.3 is 12.1 Å². The molecule has 0 aliphatic heterocycles. The summed E-state index contributed by atoms with van der Waals surface area (Å²) >= 11 is 0. The Kier molecular flexibility index (Phi) is 13.8. The molecule has 12 nitrogen and oxygen atoms in total. The van der Waals surface area contributed by atoms with E-state index >= 15 is 0 Å². The number of benzene rings is 1. The van der Waals surface area contributed by atoms with E-state index in [1.807, 2.05) is 27.7 Å². The maximum absolute atomic E-state index is 12.9. The van der Waals surface area contributed by atoms with Gasteiger partial charge in [-0.05, 0) is 23.6 Å². The first kappa shape index (κ1) is 33.2. The van der Waals surface area contributed by atoms with Crippen molar-refractivity contribution in [2.45, 2.75) is 46.1 Å². The van der Waals surface area contributed by atoms with Crippen LogP contribution >= 0.6 is 0 Å². The zero-order chi connectivity index (χ0) is 29.7. The Morgan fingerprint density at radius 1 is 0.949 bits per heavy atom. The van der Waals surface area contributed by atoms with Gasteiger partial charge in [-0.3, -0.25) is 9.59 Å². The Labute approximate surface area is 230 Å². The zero-order valence-electron chi connectivity index (χ0n) is 24.1. The third kappa shape index (κ3) is 11.2. The standard InChI is InChI=1S/C27H42N4O8/c1-17(2)19-13-21(37-7)25(22(14-19)38-8)39-27(36)31(6)12-11-30(5)26(35)20(16-24(33)34)15-23(32)29-10-9-28-18(3)4/h13-14,16-18,28H,9-12,15H2,1-8H3,(H,29,32)(H,33,34)/b20-16-. The fraction of sp³-hybridized carbons (Fsp3) is 0.556. The van der Waals surface area contributed by atoms with Crippen LogP contribution in [0.15, 0.2) is 23.8 Å². The lowest BCUT2D eigenvalue weighted by atomic mass is 10.0. The summed E-state index contributed by atoms with van der Waals surface area (Å²) in [4.78, 5) is 51.7. The van der Waals surface area contributed by atoms with E-state index < -0.39 is 23.9 Å². The van der Waals surface area contributed by atoms with Gasteiger partial charge in [-0.15, -0.1) is 0 Å². The molecule has 0 atom stereocenters. The van der Waals surface area contributed by atoms with Crippen molar-refractivity contribution in [1.82, 2.24) is 20.4 Å². The second-order valence-electron chi connectivity index (χ2n) is 9.57. The Morgan fingerprint density at radius 3 is 2.00 bits per heavy atom. The molecule has 0 bridgehead atoms. The van der Waals surface area contributed by atoms with Gasteiger partial charge in [0.05, 0.1) is 20.6 Å². The van der Waals surface area contributed by atoms with Gasteiger partial charge in [0.1, 0.15) is 0 Å². The van der Waals surface area contributed by atoms with Crippen molar-refractivity contribution < 1.29 is 38.5 Å². The number of methoxy groups -OCH3 is 2. The van der Waals surface area contributed by atoms with E-state index in [1.54, 1.807) is 12.1 Å². The fourth-order valence-electron chi connectivity index (χ4n) is 3.37. The molecule has 0 aliphatic rings. The van der Waals surface area contributed by atoms with Crippen molar-refractivity contribution in [2.24, 2.45) is 0 Å². The van der Waals surface area contributed by atoms with Crippen molar-refractivity contribution in [2.75, 3.05) is 54.5 Å². The van der Waals surface area contributed by atoms with Crippen LogP contribution in [0.2, 0.25) is 0 Å². The molecule has 3 N–H and O–H groups in total. The minimum absolute atomic E-state index is 0.0574. The number of carboxylic acids is 1. The van der Waals surface area contributed by atoms with Crippen LogP contribution in [0.5, 0.6) is 17.2 Å². The monoisotopic (exact) mass is 550 g/mol. The van der Waals surface area contributed by atoms with Crippen LogP contribution in [0.25, 0.3) is 0 Å². The average molecular weight is 551 g/mol. The molecule has 0 aliphatic carbocycles. The van der Waals surface area contributed by atoms with Gasteiger partial charge in [-0.2, -0.15) is 0 Å². The van der Waals surface area contributed by atoms with Crippen LogP contribution in [0.4, 0.5) is 4.79 Å². The molecule has 3 amide bonds. The first-order valence-electron chi connectivity index (χ1n) is 12.7. The van der Waals surface area contributed by atoms with E-state index in [1.165, 1.54) is 38.1 Å². The summed E-state index contributed by atoms with van der Waals surface area (Å²) in [6, 6.07) is 3.80. The molecule has 12 heteroatoms. The number of carboxylic acid groups (broad SMARTS) is 1. The Morgan fingerprint density at radius 2 is 1.51 bits per heavy atom. The van der Waals surface area contributed by atoms with Crippen molar-refractivity contribution in [3.05, 3.63) is 29.3 Å². The lowest BCUT2D eigenvalue weighted by Crippen LogP contribution is -2.40. The Hall–Kier alpha value is -3.80. The number of ether oxygens (including phenoxy) is 3. The molecule has 0 heterocycles. The van der Waals surface area contributed by atoms with E-state index in [4.69, 9.17) is 14.2 Å². The summed E-state index contributed by atoms with van der Waals surface area (Å²) in [5, 5.41) is 15.0. The molecule has 1 rings (SSSR count). The summed E-state index contributed by atoms with van der Waals surface area (Å²) in [5.74, 6) is -1.44. The summed E-state index contributed by atoms with van der Waals surface area (Å²) in [6.45, 7) is 8.98. The number of likely N-dealkylation sites (N-methyl/N-ethyl adjacent to an activating group) is 2. The van der Waals surface area contributed by atoms with Crippen LogP contribution in [0, 0.1) is 0 Å². The lowest BCUT2D eigenvalue weighted by Gasteiger charge is -2.23. The maximum Gasteiger partial charge on any atom is 0.415 e. The highest BCUT2D eigenvalue weighted by Crippen LogP contribution is 2.40. The van der Waals surface area contributed by atoms with Crippen LogP contribution in [-0.2, 0) is 14.4 Å². The predicted octanol–water partition coefficient (Wildman–Crippen LogP) is 2.23. The molecule has 1 aromatic rings. The van der Waals surface area contributed by atoms with Crippen LogP contribution in [0.1, 0.15) is 45.6 Å². The first-order valence-corrected chi connectivity index (χ1v) is 12.7. The molecule has 0 aromatic heterocycles. The van der Waals surface area contributed by atoms with Gasteiger partial charge in [-0.1, -0.05) is 27.7 Å². The number of amides is 3. The summed E-state index contributed by atoms with van der Waals surface area (Å²) in [7, 11) is 5.88. The summed E-state index contributed by atoms with van der Waals surface area (Å²) in [6.07, 6.45) is -0.371. The summed E-state index contributed by atoms with van der Waals surface area (Å²) in [5.41, 5.74) is 0.771. The normalized spacial score (nSPS) is 11.3. The van der Waals surface area contributed by atoms with E-state index in [9.17, 15) is 24.3 Å². The molecular weight excluding hydrogens is 508 g/mol. The van der Waals surface area contributed by atoms with Crippen molar-refractivity contribution in [3.63, 3.8) is 0 Å². The lowest BCUT2D eigenvalue weighted by molar-refractivity contribution is -0.132. The van der Waals surface area contributed by atoms with E-state index in [0.717, 1.165) is 11.6 Å². The molecule has 218 valence electrons. The van der Waals surface area contributed by atoms with Gasteiger partial charge in [0.25, 0.3) is 0 Å². The molecule has 0 radical (unpaired) electrons. The fourth-order valence-corrected chi connectivity index (χ4v) is 3.37. The quantitative estimate of drug-likeness (QED) is 0.221. The van der Waals surface area contributed by atoms with Gasteiger partial charge in [0.2, 0.25) is 17.6 Å². The first-order chi connectivity index (χ1) is 18.3. The molecule has 0 unspecified atom stereocenters. The molecule has 0 saturated heterocycles. The Balaban J connectivity index is 2.82. The second kappa shape index (κ2) is 16.2. The number of carbonyl (C=O) groups excluding carboxylic acids is 3. The highest BCUT2D eigenvalue weighted by Gasteiger charge is 2.23. The zero-order valence-corrected chi connectivity index (χ0v) is 24.1. The number of carbonyl (C=O) groups is 4. The van der Waals surface area contributed by atoms with Gasteiger partial charge < -0.3 is 39.8 Å².